The van der Waals surface area contributed by atoms with Gasteiger partial charge in [-0.25, -0.2) is 38.4 Å². The lowest BCUT2D eigenvalue weighted by molar-refractivity contribution is -0.138. The van der Waals surface area contributed by atoms with E-state index in [-0.39, 0.29) is 49.7 Å². The van der Waals surface area contributed by atoms with E-state index in [1.165, 1.54) is 0 Å². The number of carbonyl (C=O) groups is 8. The number of aromatic carboxylic acids is 1. The molecule has 8 aromatic carbocycles. The van der Waals surface area contributed by atoms with Gasteiger partial charge in [0.1, 0.15) is 11.5 Å². The molecule has 21 nitrogen and oxygen atoms in total. The van der Waals surface area contributed by atoms with Crippen molar-refractivity contribution in [2.45, 2.75) is 77.0 Å². The summed E-state index contributed by atoms with van der Waals surface area (Å²) in [4.78, 5) is 92.1. The van der Waals surface area contributed by atoms with Crippen molar-refractivity contribution < 1.29 is 101 Å². The summed E-state index contributed by atoms with van der Waals surface area (Å²) in [5.41, 5.74) is 8.84. The van der Waals surface area contributed by atoms with Crippen molar-refractivity contribution in [2.75, 3.05) is 67.1 Å². The molecule has 0 radical (unpaired) electrons. The number of phenols is 1. The van der Waals surface area contributed by atoms with Crippen molar-refractivity contribution in [3.8, 4) is 79.0 Å². The minimum Gasteiger partial charge on any atom is -0.508 e. The largest absolute Gasteiger partial charge is 0.508 e. The molecule has 0 aromatic heterocycles. The first-order valence-electron chi connectivity index (χ1n) is 34.8. The van der Waals surface area contributed by atoms with Gasteiger partial charge < -0.3 is 62.3 Å². The van der Waals surface area contributed by atoms with E-state index >= 15 is 0 Å². The average Bonchev–Trinajstić information content (AvgIpc) is 0.815. The normalized spacial score (nSPS) is 10.3. The van der Waals surface area contributed by atoms with Crippen LogP contribution in [0.3, 0.4) is 0 Å². The summed E-state index contributed by atoms with van der Waals surface area (Å²) in [5, 5.41) is 18.3. The van der Waals surface area contributed by atoms with Crippen LogP contribution in [0, 0.1) is 0 Å². The standard InChI is InChI=1S/C43H44O10.C23H26O6.C20H20O5/c1-4-40(44)50-27-9-7-6-8-26-49-38-25-22-36(30-39(38)48-3)33-14-18-35(19-15-33)43(47)53-37-23-20-32(21-24-37)31-12-16-34(17-13-31)42(46)52-29-11-10-28-51-41(45)5-2;1-3-22(24)29-15-7-5-4-6-14-28-20-13-12-19(16-21(20)27-2)17-8-10-18(11-9-17)23(25)26;1-2-19(22)24-13-3-4-14-25-20(23)17-7-5-15(6-8-17)16-9-11-18(21)12-10-16/h4-5,12-25,30H,1-2,6-11,26-29H2,3H3;3,8-13,16H,1,4-7,14-15H2,2H3,(H,25,26);2,5-12,21H,1,3-4,13-14H2. The molecule has 0 aliphatic carbocycles. The maximum atomic E-state index is 12.9. The van der Waals surface area contributed by atoms with Gasteiger partial charge in [-0.2, -0.15) is 0 Å². The van der Waals surface area contributed by atoms with Crippen LogP contribution in [-0.4, -0.2) is 125 Å². The second-order valence-electron chi connectivity index (χ2n) is 23.5. The van der Waals surface area contributed by atoms with Crippen LogP contribution < -0.4 is 23.7 Å². The maximum absolute atomic E-state index is 12.9. The van der Waals surface area contributed by atoms with Crippen LogP contribution in [0.5, 0.6) is 34.5 Å². The van der Waals surface area contributed by atoms with Crippen LogP contribution in [-0.2, 0) is 47.6 Å². The van der Waals surface area contributed by atoms with Crippen molar-refractivity contribution in [3.05, 3.63) is 255 Å². The Hall–Kier alpha value is -12.5. The van der Waals surface area contributed by atoms with Crippen molar-refractivity contribution in [2.24, 2.45) is 0 Å². The number of aromatic hydroxyl groups is 1. The number of carbonyl (C=O) groups excluding carboxylic acids is 7. The molecule has 0 heterocycles. The molecule has 560 valence electrons. The Morgan fingerprint density at radius 3 is 0.879 bits per heavy atom. The van der Waals surface area contributed by atoms with Gasteiger partial charge in [0.05, 0.1) is 89.3 Å². The lowest BCUT2D eigenvalue weighted by Gasteiger charge is -2.13. The number of benzene rings is 8. The molecule has 8 rings (SSSR count). The van der Waals surface area contributed by atoms with Gasteiger partial charge >= 0.3 is 47.8 Å². The summed E-state index contributed by atoms with van der Waals surface area (Å²) < 4.78 is 58.5. The molecular formula is C86H90O21. The topological polar surface area (TPSA) is 279 Å². The fourth-order valence-electron chi connectivity index (χ4n) is 9.98. The van der Waals surface area contributed by atoms with E-state index in [1.54, 1.807) is 99.1 Å². The van der Waals surface area contributed by atoms with Gasteiger partial charge in [0.2, 0.25) is 0 Å². The van der Waals surface area contributed by atoms with Gasteiger partial charge in [0, 0.05) is 24.3 Å². The number of carboxylic acid groups (broad SMARTS) is 1. The Kier molecular flexibility index (Phi) is 36.6. The highest BCUT2D eigenvalue weighted by Crippen LogP contribution is 2.35. The Bertz CT molecular complexity index is 4180. The molecule has 0 saturated heterocycles. The summed E-state index contributed by atoms with van der Waals surface area (Å²) in [7, 11) is 3.18. The third-order valence-corrected chi connectivity index (χ3v) is 15.9. The number of carboxylic acids is 1. The molecule has 0 unspecified atom stereocenters. The molecule has 0 aliphatic heterocycles. The highest BCUT2D eigenvalue weighted by molar-refractivity contribution is 5.93. The van der Waals surface area contributed by atoms with Crippen LogP contribution >= 0.6 is 0 Å². The maximum Gasteiger partial charge on any atom is 0.343 e. The lowest BCUT2D eigenvalue weighted by Crippen LogP contribution is -2.08. The van der Waals surface area contributed by atoms with E-state index in [9.17, 15) is 43.5 Å². The number of phenolic OH excluding ortho intramolecular Hbond substituents is 1. The van der Waals surface area contributed by atoms with Crippen molar-refractivity contribution in [1.82, 2.24) is 0 Å². The predicted octanol–water partition coefficient (Wildman–Crippen LogP) is 17.0. The third-order valence-electron chi connectivity index (χ3n) is 15.9. The Morgan fingerprint density at radius 1 is 0.299 bits per heavy atom. The number of ether oxygens (including phenoxy) is 11. The van der Waals surface area contributed by atoms with E-state index in [0.717, 1.165) is 120 Å². The molecule has 0 amide bonds. The van der Waals surface area contributed by atoms with E-state index in [4.69, 9.17) is 57.2 Å². The fraction of sp³-hybridized carbons (Fsp3) is 0.256. The van der Waals surface area contributed by atoms with Crippen molar-refractivity contribution in [3.63, 3.8) is 0 Å². The summed E-state index contributed by atoms with van der Waals surface area (Å²) in [6.07, 6.45) is 14.1. The highest BCUT2D eigenvalue weighted by Gasteiger charge is 2.16. The van der Waals surface area contributed by atoms with E-state index in [1.807, 2.05) is 97.1 Å². The van der Waals surface area contributed by atoms with Crippen molar-refractivity contribution >= 4 is 47.8 Å². The van der Waals surface area contributed by atoms with Crippen LogP contribution in [0.25, 0.3) is 44.5 Å². The molecule has 0 spiro atoms. The minimum absolute atomic E-state index is 0.211. The molecule has 0 saturated carbocycles. The molecule has 0 bridgehead atoms. The Labute approximate surface area is 623 Å². The van der Waals surface area contributed by atoms with Crippen LogP contribution in [0.15, 0.2) is 233 Å². The molecule has 21 heteroatoms. The van der Waals surface area contributed by atoms with Crippen LogP contribution in [0.1, 0.15) is 118 Å². The van der Waals surface area contributed by atoms with Gasteiger partial charge in [-0.1, -0.05) is 111 Å². The second-order valence-corrected chi connectivity index (χ2v) is 23.5. The van der Waals surface area contributed by atoms with Gasteiger partial charge in [0.25, 0.3) is 0 Å². The van der Waals surface area contributed by atoms with Gasteiger partial charge in [-0.15, -0.1) is 0 Å². The van der Waals surface area contributed by atoms with Gasteiger partial charge in [-0.05, 0) is 219 Å². The van der Waals surface area contributed by atoms with Gasteiger partial charge in [0.15, 0.2) is 23.0 Å². The number of esters is 7. The van der Waals surface area contributed by atoms with Gasteiger partial charge in [-0.3, -0.25) is 0 Å². The van der Waals surface area contributed by atoms with Crippen molar-refractivity contribution in [1.29, 1.82) is 0 Å². The first-order valence-corrected chi connectivity index (χ1v) is 34.8. The molecule has 0 aliphatic rings. The molecular weight excluding hydrogens is 1370 g/mol. The fourth-order valence-corrected chi connectivity index (χ4v) is 9.98. The Balaban J connectivity index is 0.000000278. The van der Waals surface area contributed by atoms with Crippen LogP contribution in [0.4, 0.5) is 0 Å². The predicted molar refractivity (Wildman–Crippen MR) is 406 cm³/mol. The zero-order valence-electron chi connectivity index (χ0n) is 60.3. The Morgan fingerprint density at radius 2 is 0.561 bits per heavy atom. The number of methoxy groups -OCH3 is 2. The number of hydrogen-bond acceptors (Lipinski definition) is 20. The molecule has 107 heavy (non-hydrogen) atoms. The molecule has 0 fully saturated rings. The highest BCUT2D eigenvalue weighted by atomic mass is 16.6. The first kappa shape index (κ1) is 83.4. The first-order chi connectivity index (χ1) is 51.9. The quantitative estimate of drug-likeness (QED) is 0.0118. The summed E-state index contributed by atoms with van der Waals surface area (Å²) >= 11 is 0. The number of rotatable bonds is 41. The molecule has 0 atom stereocenters. The number of unbranched alkanes of at least 4 members (excludes halogenated alkanes) is 8. The van der Waals surface area contributed by atoms with E-state index in [2.05, 4.69) is 26.3 Å². The smallest absolute Gasteiger partial charge is 0.343 e. The summed E-state index contributed by atoms with van der Waals surface area (Å²) in [6.45, 7) is 16.3. The average molecular weight is 1460 g/mol. The minimum atomic E-state index is -0.948. The van der Waals surface area contributed by atoms with E-state index < -0.39 is 35.8 Å². The lowest BCUT2D eigenvalue weighted by atomic mass is 10.0. The molecule has 8 aromatic rings. The second kappa shape index (κ2) is 47.0. The zero-order valence-corrected chi connectivity index (χ0v) is 60.3. The third kappa shape index (κ3) is 30.0. The van der Waals surface area contributed by atoms with Crippen LogP contribution in [0.2, 0.25) is 0 Å². The molecule has 2 N–H and O–H groups in total. The zero-order chi connectivity index (χ0) is 77.0. The summed E-state index contributed by atoms with van der Waals surface area (Å²) in [6, 6.07) is 53.2. The SMILES string of the molecule is C=CC(=O)OCCCCCCOc1ccc(-c2ccc(C(=O)O)cc2)cc1OC.C=CC(=O)OCCCCCCOc1ccc(-c2ccc(C(=O)Oc3ccc(-c4ccc(C(=O)OCCCCOC(=O)C=C)cc4)cc3)cc2)cc1OC.C=CC(=O)OCCCCOC(=O)c1ccc(-c2ccc(O)cc2)cc1. The summed E-state index contributed by atoms with van der Waals surface area (Å²) in [5.74, 6) is -0.807. The number of hydrogen-bond donors (Lipinski definition) is 2. The van der Waals surface area contributed by atoms with E-state index in [0.29, 0.717) is 97.5 Å². The monoisotopic (exact) mass is 1460 g/mol.